The van der Waals surface area contributed by atoms with Crippen molar-refractivity contribution in [3.8, 4) is 0 Å². The highest BCUT2D eigenvalue weighted by Crippen LogP contribution is 2.43. The van der Waals surface area contributed by atoms with Gasteiger partial charge in [-0.1, -0.05) is 360 Å². The van der Waals surface area contributed by atoms with Crippen molar-refractivity contribution < 1.29 is 37.3 Å². The lowest BCUT2D eigenvalue weighted by atomic mass is 10.0. The number of phosphoric ester groups is 1. The van der Waals surface area contributed by atoms with E-state index in [-0.39, 0.29) is 25.1 Å². The SMILES string of the molecule is CCCCCCCC/C=C/CCCCCCCCCCCCCCCCCC(=O)OC(/C=C/CCCCCCCCCCCCC)C(COP(=O)(O)OCC[N+](C)(C)C)NC(=O)CCCCCCCCCCCCCCCCCCCCCCCCC. The van der Waals surface area contributed by atoms with E-state index in [0.29, 0.717) is 23.9 Å². The summed E-state index contributed by atoms with van der Waals surface area (Å²) in [5.41, 5.74) is 0. The lowest BCUT2D eigenvalue weighted by Crippen LogP contribution is -2.47. The molecule has 0 aliphatic rings. The van der Waals surface area contributed by atoms with Crippen molar-refractivity contribution in [2.75, 3.05) is 40.9 Å². The Labute approximate surface area is 543 Å². The van der Waals surface area contributed by atoms with Crippen LogP contribution in [0.1, 0.15) is 406 Å². The number of esters is 1. The van der Waals surface area contributed by atoms with Gasteiger partial charge in [0.15, 0.2) is 0 Å². The number of hydrogen-bond donors (Lipinski definition) is 2. The second-order valence-electron chi connectivity index (χ2n) is 27.9. The van der Waals surface area contributed by atoms with Gasteiger partial charge in [0.25, 0.3) is 0 Å². The van der Waals surface area contributed by atoms with Crippen molar-refractivity contribution in [1.29, 1.82) is 0 Å². The minimum absolute atomic E-state index is 0.0450. The van der Waals surface area contributed by atoms with Gasteiger partial charge in [0.2, 0.25) is 5.91 Å². The van der Waals surface area contributed by atoms with E-state index in [1.165, 1.54) is 315 Å². The first-order valence-corrected chi connectivity index (χ1v) is 40.2. The lowest BCUT2D eigenvalue weighted by Gasteiger charge is -2.27. The molecule has 9 nitrogen and oxygen atoms in total. The fraction of sp³-hybridized carbons (Fsp3) is 0.922. The molecular weight excluding hydrogens is 1100 g/mol. The third-order valence-corrected chi connectivity index (χ3v) is 18.9. The smallest absolute Gasteiger partial charge is 0.456 e. The first kappa shape index (κ1) is 85.5. The standard InChI is InChI=1S/C77H151N2O7P/c1-7-10-13-16-19-22-25-28-30-32-34-36-38-39-41-43-45-47-49-52-55-58-61-64-67-70-77(81)86-75(68-65-62-59-56-53-50-27-24-21-18-15-12-9-3)74(73-85-87(82,83)84-72-71-79(4,5)6)78-76(80)69-66-63-60-57-54-51-48-46-44-42-40-37-35-33-31-29-26-23-20-17-14-11-8-2/h28,30,65,68,74-75H,7-27,29,31-64,66-67,69-73H2,1-6H3,(H-,78,80,82,83)/p+1/b30-28+,68-65+. The number of nitrogens with one attached hydrogen (secondary N) is 1. The molecule has 0 aromatic rings. The number of amides is 1. The number of allylic oxidation sites excluding steroid dienone is 3. The molecule has 0 aliphatic heterocycles. The summed E-state index contributed by atoms with van der Waals surface area (Å²) in [6.07, 6.45) is 83.5. The Hall–Kier alpha value is -1.51. The average Bonchev–Trinajstić information content (AvgIpc) is 3.70. The minimum Gasteiger partial charge on any atom is -0.456 e. The van der Waals surface area contributed by atoms with Crippen molar-refractivity contribution >= 4 is 19.7 Å². The molecule has 0 aliphatic carbocycles. The molecule has 0 fully saturated rings. The Morgan fingerprint density at radius 3 is 0.977 bits per heavy atom. The van der Waals surface area contributed by atoms with Crippen LogP contribution in [0.2, 0.25) is 0 Å². The molecule has 0 aromatic heterocycles. The molecule has 2 N–H and O–H groups in total. The number of ether oxygens (including phenoxy) is 1. The van der Waals surface area contributed by atoms with E-state index < -0.39 is 20.0 Å². The number of phosphoric acid groups is 1. The number of carbonyl (C=O) groups is 2. The van der Waals surface area contributed by atoms with Crippen LogP contribution in [0.5, 0.6) is 0 Å². The highest BCUT2D eigenvalue weighted by atomic mass is 31.2. The Morgan fingerprint density at radius 1 is 0.391 bits per heavy atom. The molecule has 0 rings (SSSR count). The fourth-order valence-corrected chi connectivity index (χ4v) is 12.7. The van der Waals surface area contributed by atoms with Crippen molar-refractivity contribution in [3.63, 3.8) is 0 Å². The first-order valence-electron chi connectivity index (χ1n) is 38.7. The molecule has 0 spiro atoms. The maximum Gasteiger partial charge on any atom is 0.472 e. The Kier molecular flexibility index (Phi) is 66.2. The summed E-state index contributed by atoms with van der Waals surface area (Å²) in [6.45, 7) is 7.10. The van der Waals surface area contributed by atoms with Crippen LogP contribution in [0.25, 0.3) is 0 Å². The van der Waals surface area contributed by atoms with Crippen LogP contribution in [0.3, 0.4) is 0 Å². The molecular formula is C77H152N2O7P+. The van der Waals surface area contributed by atoms with Crippen LogP contribution in [0, 0.1) is 0 Å². The van der Waals surface area contributed by atoms with Gasteiger partial charge in [-0.2, -0.15) is 0 Å². The van der Waals surface area contributed by atoms with Crippen LogP contribution in [0.4, 0.5) is 0 Å². The second kappa shape index (κ2) is 67.4. The highest BCUT2D eigenvalue weighted by Gasteiger charge is 2.30. The third kappa shape index (κ3) is 68.7. The lowest BCUT2D eigenvalue weighted by molar-refractivity contribution is -0.870. The van der Waals surface area contributed by atoms with Crippen molar-refractivity contribution in [1.82, 2.24) is 5.32 Å². The van der Waals surface area contributed by atoms with E-state index in [0.717, 1.165) is 57.8 Å². The van der Waals surface area contributed by atoms with Crippen LogP contribution in [-0.4, -0.2) is 74.3 Å². The molecule has 0 saturated heterocycles. The largest absolute Gasteiger partial charge is 0.472 e. The van der Waals surface area contributed by atoms with E-state index in [2.05, 4.69) is 44.3 Å². The van der Waals surface area contributed by atoms with Gasteiger partial charge in [-0.05, 0) is 57.4 Å². The van der Waals surface area contributed by atoms with Gasteiger partial charge < -0.3 is 19.4 Å². The molecule has 0 bridgehead atoms. The topological polar surface area (TPSA) is 111 Å². The predicted molar refractivity (Wildman–Crippen MR) is 379 cm³/mol. The van der Waals surface area contributed by atoms with Gasteiger partial charge in [-0.15, -0.1) is 0 Å². The van der Waals surface area contributed by atoms with Gasteiger partial charge >= 0.3 is 13.8 Å². The van der Waals surface area contributed by atoms with E-state index in [1.807, 2.05) is 27.2 Å². The summed E-state index contributed by atoms with van der Waals surface area (Å²) in [4.78, 5) is 38.0. The van der Waals surface area contributed by atoms with E-state index >= 15 is 0 Å². The molecule has 0 heterocycles. The maximum atomic E-state index is 13.7. The molecule has 10 heteroatoms. The quantitative estimate of drug-likeness (QED) is 0.0205. The fourth-order valence-electron chi connectivity index (χ4n) is 11.9. The Morgan fingerprint density at radius 2 is 0.667 bits per heavy atom. The van der Waals surface area contributed by atoms with Crippen LogP contribution in [-0.2, 0) is 27.9 Å². The second-order valence-corrected chi connectivity index (χ2v) is 29.3. The number of unbranched alkanes of at least 4 members (excludes halogenated alkanes) is 54. The number of hydrogen-bond acceptors (Lipinski definition) is 6. The molecule has 0 radical (unpaired) electrons. The summed E-state index contributed by atoms with van der Waals surface area (Å²) in [5, 5.41) is 3.09. The van der Waals surface area contributed by atoms with Gasteiger partial charge in [-0.3, -0.25) is 18.6 Å². The van der Waals surface area contributed by atoms with Crippen LogP contribution in [0.15, 0.2) is 24.3 Å². The van der Waals surface area contributed by atoms with Crippen LogP contribution < -0.4 is 5.32 Å². The van der Waals surface area contributed by atoms with Crippen molar-refractivity contribution in [3.05, 3.63) is 24.3 Å². The van der Waals surface area contributed by atoms with Crippen molar-refractivity contribution in [2.24, 2.45) is 0 Å². The molecule has 0 saturated carbocycles. The Bertz CT molecular complexity index is 1530. The molecule has 1 amide bonds. The molecule has 3 unspecified atom stereocenters. The zero-order chi connectivity index (χ0) is 63.5. The van der Waals surface area contributed by atoms with Gasteiger partial charge in [0, 0.05) is 12.8 Å². The number of rotatable bonds is 72. The van der Waals surface area contributed by atoms with E-state index in [1.54, 1.807) is 0 Å². The third-order valence-electron chi connectivity index (χ3n) is 17.9. The zero-order valence-electron chi connectivity index (χ0n) is 59.3. The van der Waals surface area contributed by atoms with Gasteiger partial charge in [0.1, 0.15) is 19.3 Å². The number of quaternary nitrogens is 1. The number of nitrogens with zero attached hydrogens (tertiary/aromatic N) is 1. The van der Waals surface area contributed by atoms with E-state index in [9.17, 15) is 19.0 Å². The first-order chi connectivity index (χ1) is 42.4. The van der Waals surface area contributed by atoms with Crippen molar-refractivity contribution in [2.45, 2.75) is 418 Å². The monoisotopic (exact) mass is 1250 g/mol. The summed E-state index contributed by atoms with van der Waals surface area (Å²) in [5.74, 6) is -0.477. The molecule has 0 aromatic carbocycles. The predicted octanol–water partition coefficient (Wildman–Crippen LogP) is 24.8. The molecule has 87 heavy (non-hydrogen) atoms. The minimum atomic E-state index is -4.45. The summed E-state index contributed by atoms with van der Waals surface area (Å²) >= 11 is 0. The zero-order valence-corrected chi connectivity index (χ0v) is 60.2. The summed E-state index contributed by atoms with van der Waals surface area (Å²) in [7, 11) is 1.52. The number of likely N-dealkylation sites (N-methyl/N-ethyl adjacent to an activating group) is 1. The Balaban J connectivity index is 4.97. The average molecular weight is 1250 g/mol. The summed E-state index contributed by atoms with van der Waals surface area (Å²) in [6, 6.07) is -0.844. The molecule has 516 valence electrons. The van der Waals surface area contributed by atoms with Crippen LogP contribution >= 0.6 is 7.82 Å². The highest BCUT2D eigenvalue weighted by molar-refractivity contribution is 7.47. The van der Waals surface area contributed by atoms with Gasteiger partial charge in [0.05, 0.1) is 33.8 Å². The number of carbonyl (C=O) groups excluding carboxylic acids is 2. The van der Waals surface area contributed by atoms with Gasteiger partial charge in [-0.25, -0.2) is 4.57 Å². The summed E-state index contributed by atoms with van der Waals surface area (Å²) < 4.78 is 30.9. The normalized spacial score (nSPS) is 13.5. The maximum absolute atomic E-state index is 13.7. The molecule has 3 atom stereocenters. The van der Waals surface area contributed by atoms with E-state index in [4.69, 9.17) is 13.8 Å².